The lowest BCUT2D eigenvalue weighted by Gasteiger charge is -2.22. The molecule has 0 aliphatic carbocycles. The van der Waals surface area contributed by atoms with Crippen LogP contribution in [0.4, 0.5) is 0 Å². The molecule has 150 valence electrons. The molecule has 3 rings (SSSR count). The zero-order chi connectivity index (χ0) is 20.0. The summed E-state index contributed by atoms with van der Waals surface area (Å²) in [7, 11) is 0.395. The molecule has 0 aromatic heterocycles. The van der Waals surface area contributed by atoms with E-state index in [0.717, 1.165) is 30.9 Å². The Kier molecular flexibility index (Phi) is 6.70. The molecule has 1 aliphatic rings. The lowest BCUT2D eigenvalue weighted by Crippen LogP contribution is -2.38. The molecule has 1 heterocycles. The summed E-state index contributed by atoms with van der Waals surface area (Å²) in [5.74, 6) is 0.789. The van der Waals surface area contributed by atoms with Crippen molar-refractivity contribution in [2.24, 2.45) is 4.99 Å². The number of nitrogens with one attached hydrogen (secondary N) is 1. The zero-order valence-corrected chi connectivity index (χ0v) is 17.3. The molecule has 0 spiro atoms. The Morgan fingerprint density at radius 3 is 2.29 bits per heavy atom. The summed E-state index contributed by atoms with van der Waals surface area (Å²) >= 11 is 0. The van der Waals surface area contributed by atoms with Gasteiger partial charge in [0.25, 0.3) is 0 Å². The van der Waals surface area contributed by atoms with E-state index in [0.29, 0.717) is 24.5 Å². The fourth-order valence-electron chi connectivity index (χ4n) is 3.35. The van der Waals surface area contributed by atoms with Crippen molar-refractivity contribution in [2.75, 3.05) is 27.2 Å². The molecule has 0 radical (unpaired) electrons. The second kappa shape index (κ2) is 9.21. The van der Waals surface area contributed by atoms with Crippen LogP contribution in [0.2, 0.25) is 0 Å². The molecule has 28 heavy (non-hydrogen) atoms. The van der Waals surface area contributed by atoms with Crippen molar-refractivity contribution in [2.45, 2.75) is 30.8 Å². The topological polar surface area (TPSA) is 65.0 Å². The van der Waals surface area contributed by atoms with Crippen LogP contribution in [0.25, 0.3) is 0 Å². The summed E-state index contributed by atoms with van der Waals surface area (Å²) in [6.45, 7) is 2.58. The van der Waals surface area contributed by atoms with E-state index in [2.05, 4.69) is 27.3 Å². The number of aliphatic imine (C=N–C) groups is 1. The molecule has 6 nitrogen and oxygen atoms in total. The number of hydrogen-bond donors (Lipinski definition) is 1. The maximum atomic E-state index is 12.6. The first-order chi connectivity index (χ1) is 13.5. The second-order valence-corrected chi connectivity index (χ2v) is 8.94. The standard InChI is InChI=1S/C21H28N4O2S/c1-22-21(24(2)17-19-8-4-3-5-9-19)23-16-18-10-12-20(13-11-18)28(26,27)25-14-6-7-15-25/h3-5,8-13H,6-7,14-17H2,1-2H3,(H,22,23). The van der Waals surface area contributed by atoms with Crippen molar-refractivity contribution in [3.63, 3.8) is 0 Å². The number of hydrogen-bond acceptors (Lipinski definition) is 3. The lowest BCUT2D eigenvalue weighted by atomic mass is 10.2. The van der Waals surface area contributed by atoms with Gasteiger partial charge in [-0.1, -0.05) is 42.5 Å². The Balaban J connectivity index is 1.59. The number of nitrogens with zero attached hydrogens (tertiary/aromatic N) is 3. The van der Waals surface area contributed by atoms with Gasteiger partial charge in [0, 0.05) is 40.3 Å². The highest BCUT2D eigenvalue weighted by Crippen LogP contribution is 2.21. The van der Waals surface area contributed by atoms with E-state index in [-0.39, 0.29) is 0 Å². The first-order valence-corrected chi connectivity index (χ1v) is 11.0. The van der Waals surface area contributed by atoms with E-state index in [1.807, 2.05) is 37.4 Å². The van der Waals surface area contributed by atoms with Crippen LogP contribution in [-0.4, -0.2) is 50.8 Å². The molecule has 0 unspecified atom stereocenters. The molecule has 0 amide bonds. The van der Waals surface area contributed by atoms with E-state index in [1.165, 1.54) is 5.56 Å². The Hall–Kier alpha value is -2.38. The number of sulfonamides is 1. The molecule has 7 heteroatoms. The van der Waals surface area contributed by atoms with Gasteiger partial charge in [0.1, 0.15) is 0 Å². The minimum atomic E-state index is -3.36. The molecule has 2 aromatic carbocycles. The molecular formula is C21H28N4O2S. The summed E-state index contributed by atoms with van der Waals surface area (Å²) in [6.07, 6.45) is 1.88. The van der Waals surface area contributed by atoms with Crippen LogP contribution in [-0.2, 0) is 23.1 Å². The third-order valence-corrected chi connectivity index (χ3v) is 6.83. The first-order valence-electron chi connectivity index (χ1n) is 9.55. The van der Waals surface area contributed by atoms with Gasteiger partial charge >= 0.3 is 0 Å². The molecule has 2 aromatic rings. The monoisotopic (exact) mass is 400 g/mol. The number of rotatable bonds is 6. The van der Waals surface area contributed by atoms with Gasteiger partial charge in [0.2, 0.25) is 10.0 Å². The van der Waals surface area contributed by atoms with Gasteiger partial charge in [-0.25, -0.2) is 8.42 Å². The van der Waals surface area contributed by atoms with Gasteiger partial charge in [-0.3, -0.25) is 4.99 Å². The zero-order valence-electron chi connectivity index (χ0n) is 16.5. The average Bonchev–Trinajstić information content (AvgIpc) is 3.25. The Morgan fingerprint density at radius 2 is 1.68 bits per heavy atom. The molecule has 1 fully saturated rings. The van der Waals surface area contributed by atoms with Gasteiger partial charge < -0.3 is 10.2 Å². The fourth-order valence-corrected chi connectivity index (χ4v) is 4.87. The van der Waals surface area contributed by atoms with Gasteiger partial charge in [-0.05, 0) is 36.1 Å². The van der Waals surface area contributed by atoms with E-state index >= 15 is 0 Å². The largest absolute Gasteiger partial charge is 0.352 e. The van der Waals surface area contributed by atoms with Crippen LogP contribution < -0.4 is 5.32 Å². The van der Waals surface area contributed by atoms with Crippen LogP contribution in [0, 0.1) is 0 Å². The Bertz CT molecular complexity index is 890. The highest BCUT2D eigenvalue weighted by atomic mass is 32.2. The number of guanidine groups is 1. The van der Waals surface area contributed by atoms with Gasteiger partial charge in [-0.2, -0.15) is 4.31 Å². The Labute approximate surface area is 167 Å². The second-order valence-electron chi connectivity index (χ2n) is 7.00. The summed E-state index contributed by atoms with van der Waals surface area (Å²) in [6, 6.07) is 17.3. The smallest absolute Gasteiger partial charge is 0.243 e. The quantitative estimate of drug-likeness (QED) is 0.598. The van der Waals surface area contributed by atoms with Crippen molar-refractivity contribution in [1.82, 2.24) is 14.5 Å². The maximum Gasteiger partial charge on any atom is 0.243 e. The number of benzene rings is 2. The first kappa shape index (κ1) is 20.4. The summed E-state index contributed by atoms with van der Waals surface area (Å²) in [5, 5.41) is 3.34. The summed E-state index contributed by atoms with van der Waals surface area (Å²) in [4.78, 5) is 6.76. The minimum absolute atomic E-state index is 0.365. The predicted molar refractivity (Wildman–Crippen MR) is 113 cm³/mol. The Morgan fingerprint density at radius 1 is 1.04 bits per heavy atom. The molecule has 0 saturated carbocycles. The lowest BCUT2D eigenvalue weighted by molar-refractivity contribution is 0.476. The van der Waals surface area contributed by atoms with Crippen molar-refractivity contribution in [3.05, 3.63) is 65.7 Å². The fraction of sp³-hybridized carbons (Fsp3) is 0.381. The van der Waals surface area contributed by atoms with Crippen molar-refractivity contribution < 1.29 is 8.42 Å². The molecule has 0 bridgehead atoms. The van der Waals surface area contributed by atoms with Crippen LogP contribution in [0.3, 0.4) is 0 Å². The van der Waals surface area contributed by atoms with E-state index in [4.69, 9.17) is 0 Å². The third kappa shape index (κ3) is 4.91. The summed E-state index contributed by atoms with van der Waals surface area (Å²) < 4.78 is 26.8. The van der Waals surface area contributed by atoms with Gasteiger partial charge in [0.05, 0.1) is 4.90 Å². The van der Waals surface area contributed by atoms with Crippen molar-refractivity contribution >= 4 is 16.0 Å². The van der Waals surface area contributed by atoms with Crippen LogP contribution in [0.5, 0.6) is 0 Å². The van der Waals surface area contributed by atoms with Gasteiger partial charge in [0.15, 0.2) is 5.96 Å². The van der Waals surface area contributed by atoms with Crippen LogP contribution in [0.15, 0.2) is 64.5 Å². The maximum absolute atomic E-state index is 12.6. The minimum Gasteiger partial charge on any atom is -0.352 e. The van der Waals surface area contributed by atoms with E-state index in [9.17, 15) is 8.42 Å². The van der Waals surface area contributed by atoms with E-state index in [1.54, 1.807) is 23.5 Å². The highest BCUT2D eigenvalue weighted by Gasteiger charge is 2.26. The predicted octanol–water partition coefficient (Wildman–Crippen LogP) is 2.68. The molecular weight excluding hydrogens is 372 g/mol. The van der Waals surface area contributed by atoms with Crippen LogP contribution in [0.1, 0.15) is 24.0 Å². The van der Waals surface area contributed by atoms with Gasteiger partial charge in [-0.15, -0.1) is 0 Å². The average molecular weight is 401 g/mol. The van der Waals surface area contributed by atoms with Crippen molar-refractivity contribution in [3.8, 4) is 0 Å². The summed E-state index contributed by atoms with van der Waals surface area (Å²) in [5.41, 5.74) is 2.22. The highest BCUT2D eigenvalue weighted by molar-refractivity contribution is 7.89. The van der Waals surface area contributed by atoms with E-state index < -0.39 is 10.0 Å². The molecule has 1 saturated heterocycles. The third-order valence-electron chi connectivity index (χ3n) is 4.91. The molecule has 1 aliphatic heterocycles. The van der Waals surface area contributed by atoms with Crippen molar-refractivity contribution in [1.29, 1.82) is 0 Å². The SMILES string of the molecule is CN=C(NCc1ccc(S(=O)(=O)N2CCCC2)cc1)N(C)Cc1ccccc1. The van der Waals surface area contributed by atoms with Crippen LogP contribution >= 0.6 is 0 Å². The molecule has 1 N–H and O–H groups in total. The normalized spacial score (nSPS) is 15.6. The molecule has 0 atom stereocenters.